The predicted molar refractivity (Wildman–Crippen MR) is 129 cm³/mol. The van der Waals surface area contributed by atoms with Crippen molar-refractivity contribution in [2.45, 2.75) is 6.92 Å². The number of nitro benzene ring substituents is 1. The first-order valence-corrected chi connectivity index (χ1v) is 11.1. The van der Waals surface area contributed by atoms with Crippen molar-refractivity contribution in [1.82, 2.24) is 9.78 Å². The maximum absolute atomic E-state index is 13.4. The van der Waals surface area contributed by atoms with E-state index in [9.17, 15) is 24.5 Å². The molecule has 178 valence electrons. The zero-order valence-electron chi connectivity index (χ0n) is 18.5. The van der Waals surface area contributed by atoms with Crippen molar-refractivity contribution in [3.63, 3.8) is 0 Å². The highest BCUT2D eigenvalue weighted by atomic mass is 32.1. The van der Waals surface area contributed by atoms with E-state index >= 15 is 0 Å². The highest BCUT2D eigenvalue weighted by Crippen LogP contribution is 2.31. The molecule has 0 fully saturated rings. The van der Waals surface area contributed by atoms with E-state index in [-0.39, 0.29) is 39.3 Å². The normalized spacial score (nSPS) is 10.7. The summed E-state index contributed by atoms with van der Waals surface area (Å²) in [7, 11) is 1.51. The molecule has 4 aromatic rings. The lowest BCUT2D eigenvalue weighted by Crippen LogP contribution is -2.25. The maximum atomic E-state index is 13.4. The van der Waals surface area contributed by atoms with Crippen molar-refractivity contribution in [2.24, 2.45) is 0 Å². The van der Waals surface area contributed by atoms with Gasteiger partial charge >= 0.3 is 5.97 Å². The third-order valence-electron chi connectivity index (χ3n) is 4.98. The van der Waals surface area contributed by atoms with E-state index < -0.39 is 22.4 Å². The Labute approximate surface area is 201 Å². The Balaban J connectivity index is 1.84. The Kier molecular flexibility index (Phi) is 6.55. The van der Waals surface area contributed by atoms with E-state index in [1.54, 1.807) is 31.2 Å². The third-order valence-corrected chi connectivity index (χ3v) is 5.88. The van der Waals surface area contributed by atoms with Crippen LogP contribution < -0.4 is 15.6 Å². The fraction of sp³-hybridized carbons (Fsp3) is 0.130. The summed E-state index contributed by atoms with van der Waals surface area (Å²) in [5.41, 5.74) is -0.510. The monoisotopic (exact) mass is 494 g/mol. The lowest BCUT2D eigenvalue weighted by Gasteiger charge is -2.10. The molecule has 1 N–H and O–H groups in total. The molecule has 1 amide bonds. The number of nitro groups is 1. The van der Waals surface area contributed by atoms with Gasteiger partial charge in [0.05, 0.1) is 29.7 Å². The van der Waals surface area contributed by atoms with Crippen LogP contribution in [0.25, 0.3) is 16.5 Å². The number of hydrogen-bond donors (Lipinski definition) is 1. The summed E-state index contributed by atoms with van der Waals surface area (Å²) in [6.07, 6.45) is 0. The molecule has 0 spiro atoms. The Morgan fingerprint density at radius 2 is 1.94 bits per heavy atom. The number of aromatic nitrogens is 2. The van der Waals surface area contributed by atoms with Gasteiger partial charge < -0.3 is 14.8 Å². The topological polar surface area (TPSA) is 143 Å². The zero-order valence-corrected chi connectivity index (χ0v) is 19.3. The van der Waals surface area contributed by atoms with E-state index in [2.05, 4.69) is 10.4 Å². The van der Waals surface area contributed by atoms with E-state index in [4.69, 9.17) is 9.47 Å². The quantitative estimate of drug-likeness (QED) is 0.232. The molecule has 0 radical (unpaired) electrons. The minimum Gasteiger partial charge on any atom is -0.497 e. The van der Waals surface area contributed by atoms with Gasteiger partial charge in [-0.05, 0) is 37.3 Å². The van der Waals surface area contributed by atoms with E-state index in [0.29, 0.717) is 11.4 Å². The number of ether oxygens (including phenoxy) is 2. The van der Waals surface area contributed by atoms with Gasteiger partial charge in [-0.2, -0.15) is 9.78 Å². The molecule has 2 aromatic heterocycles. The molecule has 2 aromatic carbocycles. The van der Waals surface area contributed by atoms with Gasteiger partial charge in [-0.3, -0.25) is 19.7 Å². The summed E-state index contributed by atoms with van der Waals surface area (Å²) in [5.74, 6) is -0.814. The number of rotatable bonds is 7. The number of amides is 1. The molecule has 12 heteroatoms. The van der Waals surface area contributed by atoms with Crippen molar-refractivity contribution in [3.8, 4) is 11.4 Å². The lowest BCUT2D eigenvalue weighted by atomic mass is 10.2. The van der Waals surface area contributed by atoms with Crippen LogP contribution in [0.1, 0.15) is 27.8 Å². The molecule has 0 aliphatic carbocycles. The molecule has 35 heavy (non-hydrogen) atoms. The summed E-state index contributed by atoms with van der Waals surface area (Å²) in [6.45, 7) is 1.75. The largest absolute Gasteiger partial charge is 0.497 e. The number of hydrogen-bond acceptors (Lipinski definition) is 9. The highest BCUT2D eigenvalue weighted by molar-refractivity contribution is 7.16. The van der Waals surface area contributed by atoms with Crippen LogP contribution in [0.15, 0.2) is 58.7 Å². The lowest BCUT2D eigenvalue weighted by molar-refractivity contribution is -0.384. The molecule has 0 bridgehead atoms. The summed E-state index contributed by atoms with van der Waals surface area (Å²) < 4.78 is 11.3. The fourth-order valence-corrected chi connectivity index (χ4v) is 4.26. The van der Waals surface area contributed by atoms with Crippen LogP contribution in [-0.2, 0) is 4.74 Å². The molecule has 0 aliphatic heterocycles. The van der Waals surface area contributed by atoms with Crippen LogP contribution in [-0.4, -0.2) is 40.3 Å². The standard InChI is InChI=1S/C23H18N4O7S/c1-3-34-23(30)19-17-12-35-21(24-20(28)13-5-4-6-15(11-13)27(31)32)18(17)22(29)26(25-19)14-7-9-16(33-2)10-8-14/h4-12H,3H2,1-2H3,(H,24,28). The van der Waals surface area contributed by atoms with Gasteiger partial charge in [0.2, 0.25) is 0 Å². The zero-order chi connectivity index (χ0) is 25.1. The van der Waals surface area contributed by atoms with Gasteiger partial charge in [-0.1, -0.05) is 6.07 Å². The number of benzene rings is 2. The smallest absolute Gasteiger partial charge is 0.359 e. The van der Waals surface area contributed by atoms with E-state index in [1.165, 1.54) is 30.7 Å². The molecule has 0 aliphatic rings. The minimum atomic E-state index is -0.728. The fourth-order valence-electron chi connectivity index (χ4n) is 3.33. The summed E-state index contributed by atoms with van der Waals surface area (Å²) in [4.78, 5) is 49.4. The predicted octanol–water partition coefficient (Wildman–Crippen LogP) is 3.79. The van der Waals surface area contributed by atoms with Crippen LogP contribution >= 0.6 is 11.3 Å². The van der Waals surface area contributed by atoms with Crippen LogP contribution in [0.5, 0.6) is 5.75 Å². The Morgan fingerprint density at radius 1 is 1.20 bits per heavy atom. The van der Waals surface area contributed by atoms with Gasteiger partial charge in [-0.25, -0.2) is 4.79 Å². The number of non-ortho nitro benzene ring substituents is 1. The molecule has 0 atom stereocenters. The third kappa shape index (κ3) is 4.59. The number of nitrogens with one attached hydrogen (secondary N) is 1. The molecule has 11 nitrogen and oxygen atoms in total. The van der Waals surface area contributed by atoms with Gasteiger partial charge in [0.25, 0.3) is 17.2 Å². The molecule has 0 saturated heterocycles. The van der Waals surface area contributed by atoms with Crippen molar-refractivity contribution in [3.05, 3.63) is 85.6 Å². The average Bonchev–Trinajstić information content (AvgIpc) is 3.28. The average molecular weight is 494 g/mol. The summed E-state index contributed by atoms with van der Waals surface area (Å²) in [5, 5.41) is 19.9. The number of anilines is 1. The van der Waals surface area contributed by atoms with Gasteiger partial charge in [0.15, 0.2) is 5.69 Å². The minimum absolute atomic E-state index is 0.0379. The van der Waals surface area contributed by atoms with Crippen molar-refractivity contribution < 1.29 is 24.0 Å². The van der Waals surface area contributed by atoms with Gasteiger partial charge in [0.1, 0.15) is 10.8 Å². The number of nitrogens with zero attached hydrogens (tertiary/aromatic N) is 3. The van der Waals surface area contributed by atoms with Crippen molar-refractivity contribution in [1.29, 1.82) is 0 Å². The van der Waals surface area contributed by atoms with Gasteiger partial charge in [-0.15, -0.1) is 11.3 Å². The van der Waals surface area contributed by atoms with Crippen molar-refractivity contribution in [2.75, 3.05) is 19.0 Å². The van der Waals surface area contributed by atoms with Crippen LogP contribution in [0.3, 0.4) is 0 Å². The second-order valence-corrected chi connectivity index (χ2v) is 7.98. The van der Waals surface area contributed by atoms with Crippen molar-refractivity contribution >= 4 is 44.7 Å². The first kappa shape index (κ1) is 23.6. The van der Waals surface area contributed by atoms with Gasteiger partial charge in [0, 0.05) is 28.5 Å². The van der Waals surface area contributed by atoms with E-state index in [0.717, 1.165) is 22.1 Å². The number of methoxy groups -OCH3 is 1. The molecule has 0 unspecified atom stereocenters. The molecule has 2 heterocycles. The second-order valence-electron chi connectivity index (χ2n) is 7.10. The Hall–Kier alpha value is -4.58. The first-order valence-electron chi connectivity index (χ1n) is 10.3. The maximum Gasteiger partial charge on any atom is 0.359 e. The van der Waals surface area contributed by atoms with Crippen LogP contribution in [0.4, 0.5) is 10.7 Å². The molecule has 4 rings (SSSR count). The molecule has 0 saturated carbocycles. The Bertz CT molecular complexity index is 1510. The number of carbonyl (C=O) groups excluding carboxylic acids is 2. The van der Waals surface area contributed by atoms with E-state index in [1.807, 2.05) is 0 Å². The van der Waals surface area contributed by atoms with Crippen LogP contribution in [0, 0.1) is 10.1 Å². The molecular weight excluding hydrogens is 476 g/mol. The molecular formula is C23H18N4O7S. The number of esters is 1. The highest BCUT2D eigenvalue weighted by Gasteiger charge is 2.23. The van der Waals surface area contributed by atoms with Crippen LogP contribution in [0.2, 0.25) is 0 Å². The number of fused-ring (bicyclic) bond motifs is 1. The SMILES string of the molecule is CCOC(=O)c1nn(-c2ccc(OC)cc2)c(=O)c2c(NC(=O)c3cccc([N+](=O)[O-])c3)scc12. The first-order chi connectivity index (χ1) is 16.8. The second kappa shape index (κ2) is 9.73. The number of thiophene rings is 1. The summed E-state index contributed by atoms with van der Waals surface area (Å²) in [6, 6.07) is 11.7. The number of carbonyl (C=O) groups is 2. The summed E-state index contributed by atoms with van der Waals surface area (Å²) >= 11 is 1.02. The Morgan fingerprint density at radius 3 is 2.60 bits per heavy atom.